The molecule has 2 aromatic carbocycles. The van der Waals surface area contributed by atoms with Crippen LogP contribution in [0.15, 0.2) is 66.1 Å². The van der Waals surface area contributed by atoms with Crippen molar-refractivity contribution in [2.24, 2.45) is 7.05 Å². The summed E-state index contributed by atoms with van der Waals surface area (Å²) in [6, 6.07) is 15.2. The topological polar surface area (TPSA) is 79.3 Å². The fraction of sp³-hybridized carbons (Fsp3) is 0.320. The Balaban J connectivity index is 1.45. The zero-order valence-corrected chi connectivity index (χ0v) is 20.2. The van der Waals surface area contributed by atoms with E-state index < -0.39 is 0 Å². The highest BCUT2D eigenvalue weighted by Gasteiger charge is 2.09. The normalized spacial score (nSPS) is 10.9. The minimum atomic E-state index is -0.148. The number of rotatable bonds is 11. The van der Waals surface area contributed by atoms with Crippen LogP contribution < -0.4 is 10.6 Å². The molecule has 33 heavy (non-hydrogen) atoms. The number of aromatic nitrogens is 2. The molecule has 7 nitrogen and oxygen atoms in total. The Morgan fingerprint density at radius 1 is 1.00 bits per heavy atom. The van der Waals surface area contributed by atoms with Gasteiger partial charge in [0.05, 0.1) is 5.75 Å². The molecule has 1 aromatic heterocycles. The first-order chi connectivity index (χ1) is 16.0. The maximum atomic E-state index is 12.5. The number of nitrogens with zero attached hydrogens (tertiary/aromatic N) is 3. The zero-order valence-electron chi connectivity index (χ0n) is 19.4. The highest BCUT2D eigenvalue weighted by molar-refractivity contribution is 7.99. The van der Waals surface area contributed by atoms with E-state index in [1.54, 1.807) is 30.5 Å². The van der Waals surface area contributed by atoms with Crippen molar-refractivity contribution in [1.29, 1.82) is 0 Å². The Morgan fingerprint density at radius 3 is 2.27 bits per heavy atom. The number of nitrogens with one attached hydrogen (secondary N) is 2. The SMILES string of the molecule is CCN(CC)Cc1ccc(CNC(=O)c2ccc(NC(=O)CSc3nccn3C)cc2)cc1. The fourth-order valence-electron chi connectivity index (χ4n) is 3.28. The molecule has 0 saturated carbocycles. The van der Waals surface area contributed by atoms with Crippen LogP contribution in [-0.4, -0.2) is 45.1 Å². The Morgan fingerprint density at radius 2 is 1.67 bits per heavy atom. The van der Waals surface area contributed by atoms with Crippen LogP contribution in [0.5, 0.6) is 0 Å². The molecule has 0 unspecified atom stereocenters. The van der Waals surface area contributed by atoms with E-state index in [9.17, 15) is 9.59 Å². The van der Waals surface area contributed by atoms with Crippen LogP contribution in [0.25, 0.3) is 0 Å². The van der Waals surface area contributed by atoms with Gasteiger partial charge in [-0.05, 0) is 48.5 Å². The molecule has 0 aliphatic heterocycles. The lowest BCUT2D eigenvalue weighted by atomic mass is 10.1. The number of imidazole rings is 1. The Labute approximate surface area is 199 Å². The molecule has 174 valence electrons. The summed E-state index contributed by atoms with van der Waals surface area (Å²) >= 11 is 1.37. The number of hydrogen-bond acceptors (Lipinski definition) is 5. The second-order valence-corrected chi connectivity index (χ2v) is 8.64. The van der Waals surface area contributed by atoms with E-state index in [4.69, 9.17) is 0 Å². The number of aryl methyl sites for hydroxylation is 1. The molecule has 2 amide bonds. The Bertz CT molecular complexity index is 1040. The average molecular weight is 466 g/mol. The van der Waals surface area contributed by atoms with Crippen molar-refractivity contribution < 1.29 is 9.59 Å². The number of anilines is 1. The quantitative estimate of drug-likeness (QED) is 0.420. The molecule has 0 radical (unpaired) electrons. The monoisotopic (exact) mass is 465 g/mol. The van der Waals surface area contributed by atoms with Gasteiger partial charge in [-0.15, -0.1) is 0 Å². The summed E-state index contributed by atoms with van der Waals surface area (Å²) in [6.07, 6.45) is 3.54. The third-order valence-corrected chi connectivity index (χ3v) is 6.37. The molecule has 2 N–H and O–H groups in total. The smallest absolute Gasteiger partial charge is 0.251 e. The molecule has 8 heteroatoms. The van der Waals surface area contributed by atoms with E-state index in [2.05, 4.69) is 58.6 Å². The molecule has 3 aromatic rings. The minimum Gasteiger partial charge on any atom is -0.348 e. The standard InChI is InChI=1S/C25H31N5O2S/c1-4-30(5-2)17-20-8-6-19(7-9-20)16-27-24(32)21-10-12-22(13-11-21)28-23(31)18-33-25-26-14-15-29(25)3/h6-15H,4-5,16-18H2,1-3H3,(H,27,32)(H,28,31). The predicted molar refractivity (Wildman–Crippen MR) is 133 cm³/mol. The summed E-state index contributed by atoms with van der Waals surface area (Å²) in [5, 5.41) is 6.58. The number of hydrogen-bond donors (Lipinski definition) is 2. The van der Waals surface area contributed by atoms with Gasteiger partial charge in [0.2, 0.25) is 5.91 Å². The van der Waals surface area contributed by atoms with Crippen LogP contribution in [0.1, 0.15) is 35.3 Å². The van der Waals surface area contributed by atoms with Crippen molar-refractivity contribution in [2.75, 3.05) is 24.2 Å². The summed E-state index contributed by atoms with van der Waals surface area (Å²) in [5.74, 6) is -0.00377. The number of amides is 2. The van der Waals surface area contributed by atoms with Crippen LogP contribution in [-0.2, 0) is 24.9 Å². The van der Waals surface area contributed by atoms with Crippen molar-refractivity contribution in [1.82, 2.24) is 19.8 Å². The van der Waals surface area contributed by atoms with Gasteiger partial charge in [-0.25, -0.2) is 4.98 Å². The lowest BCUT2D eigenvalue weighted by molar-refractivity contribution is -0.113. The molecule has 0 aliphatic rings. The highest BCUT2D eigenvalue weighted by Crippen LogP contribution is 2.16. The first kappa shape index (κ1) is 24.5. The fourth-order valence-corrected chi connectivity index (χ4v) is 4.01. The van der Waals surface area contributed by atoms with Crippen LogP contribution >= 0.6 is 11.8 Å². The third kappa shape index (κ3) is 7.47. The lowest BCUT2D eigenvalue weighted by Crippen LogP contribution is -2.23. The molecule has 0 bridgehead atoms. The number of carbonyl (C=O) groups excluding carboxylic acids is 2. The Kier molecular flexibility index (Phi) is 9.09. The van der Waals surface area contributed by atoms with Gasteiger partial charge in [0.25, 0.3) is 5.91 Å². The lowest BCUT2D eigenvalue weighted by Gasteiger charge is -2.18. The van der Waals surface area contributed by atoms with Gasteiger partial charge in [-0.2, -0.15) is 0 Å². The first-order valence-electron chi connectivity index (χ1n) is 11.1. The maximum Gasteiger partial charge on any atom is 0.251 e. The van der Waals surface area contributed by atoms with Crippen LogP contribution in [0.4, 0.5) is 5.69 Å². The van der Waals surface area contributed by atoms with E-state index in [0.29, 0.717) is 17.8 Å². The van der Waals surface area contributed by atoms with Crippen molar-refractivity contribution >= 4 is 29.3 Å². The van der Waals surface area contributed by atoms with E-state index >= 15 is 0 Å². The summed E-state index contributed by atoms with van der Waals surface area (Å²) in [7, 11) is 1.89. The zero-order chi connectivity index (χ0) is 23.6. The molecular weight excluding hydrogens is 434 g/mol. The van der Waals surface area contributed by atoms with E-state index in [1.165, 1.54) is 17.3 Å². The Hall–Kier alpha value is -3.10. The summed E-state index contributed by atoms with van der Waals surface area (Å²) < 4.78 is 1.87. The molecule has 1 heterocycles. The highest BCUT2D eigenvalue weighted by atomic mass is 32.2. The molecule has 0 atom stereocenters. The first-order valence-corrected chi connectivity index (χ1v) is 12.1. The van der Waals surface area contributed by atoms with E-state index in [-0.39, 0.29) is 17.6 Å². The largest absolute Gasteiger partial charge is 0.348 e. The van der Waals surface area contributed by atoms with Crippen molar-refractivity contribution in [3.63, 3.8) is 0 Å². The van der Waals surface area contributed by atoms with Crippen molar-refractivity contribution in [2.45, 2.75) is 32.1 Å². The molecule has 0 aliphatic carbocycles. The molecule has 3 rings (SSSR count). The van der Waals surface area contributed by atoms with Gasteiger partial charge < -0.3 is 15.2 Å². The van der Waals surface area contributed by atoms with Gasteiger partial charge >= 0.3 is 0 Å². The maximum absolute atomic E-state index is 12.5. The summed E-state index contributed by atoms with van der Waals surface area (Å²) in [5.41, 5.74) is 3.53. The molecule has 0 saturated heterocycles. The second kappa shape index (κ2) is 12.2. The number of carbonyl (C=O) groups is 2. The number of thioether (sulfide) groups is 1. The van der Waals surface area contributed by atoms with Gasteiger partial charge in [0.15, 0.2) is 5.16 Å². The van der Waals surface area contributed by atoms with Crippen molar-refractivity contribution in [3.05, 3.63) is 77.6 Å². The van der Waals surface area contributed by atoms with Gasteiger partial charge in [0, 0.05) is 43.8 Å². The van der Waals surface area contributed by atoms with E-state index in [0.717, 1.165) is 30.4 Å². The predicted octanol–water partition coefficient (Wildman–Crippen LogP) is 3.92. The van der Waals surface area contributed by atoms with E-state index in [1.807, 2.05) is 17.8 Å². The van der Waals surface area contributed by atoms with Crippen molar-refractivity contribution in [3.8, 4) is 0 Å². The van der Waals surface area contributed by atoms with Gasteiger partial charge in [-0.3, -0.25) is 14.5 Å². The minimum absolute atomic E-state index is 0.121. The summed E-state index contributed by atoms with van der Waals surface area (Å²) in [6.45, 7) is 7.78. The van der Waals surface area contributed by atoms with Gasteiger partial charge in [0.1, 0.15) is 0 Å². The second-order valence-electron chi connectivity index (χ2n) is 7.70. The average Bonchev–Trinajstić information content (AvgIpc) is 3.25. The third-order valence-electron chi connectivity index (χ3n) is 5.32. The van der Waals surface area contributed by atoms with Gasteiger partial charge in [-0.1, -0.05) is 49.9 Å². The molecule has 0 spiro atoms. The summed E-state index contributed by atoms with van der Waals surface area (Å²) in [4.78, 5) is 31.2. The van der Waals surface area contributed by atoms with Crippen LogP contribution in [0.2, 0.25) is 0 Å². The molecule has 0 fully saturated rings. The number of benzene rings is 2. The van der Waals surface area contributed by atoms with Crippen LogP contribution in [0.3, 0.4) is 0 Å². The van der Waals surface area contributed by atoms with Crippen LogP contribution in [0, 0.1) is 0 Å². The molecular formula is C25H31N5O2S.